The van der Waals surface area contributed by atoms with Crippen molar-refractivity contribution in [2.24, 2.45) is 0 Å². The molecule has 0 atom stereocenters. The number of amides is 2. The third-order valence-electron chi connectivity index (χ3n) is 4.87. The molecule has 31 heavy (non-hydrogen) atoms. The largest absolute Gasteiger partial charge is 0.450 e. The van der Waals surface area contributed by atoms with E-state index in [1.165, 1.54) is 16.7 Å². The van der Waals surface area contributed by atoms with Gasteiger partial charge in [0.2, 0.25) is 0 Å². The SMILES string of the molecule is O=C1S/C(=C\c2ccc(Sc3ccccc3)o2)C(=O)N1Cc1ccc2ccccc2c1. The van der Waals surface area contributed by atoms with E-state index < -0.39 is 0 Å². The fourth-order valence-corrected chi connectivity index (χ4v) is 4.97. The monoisotopic (exact) mass is 443 g/mol. The maximum Gasteiger partial charge on any atom is 0.293 e. The Kier molecular flexibility index (Phi) is 5.40. The fraction of sp³-hybridized carbons (Fsp3) is 0.0400. The molecule has 4 nitrogen and oxygen atoms in total. The summed E-state index contributed by atoms with van der Waals surface area (Å²) in [5.74, 6) is 0.256. The summed E-state index contributed by atoms with van der Waals surface area (Å²) >= 11 is 2.45. The van der Waals surface area contributed by atoms with Crippen LogP contribution in [0.5, 0.6) is 0 Å². The number of carbonyl (C=O) groups is 2. The molecule has 2 amide bonds. The molecule has 0 bridgehead atoms. The van der Waals surface area contributed by atoms with Crippen LogP contribution in [-0.2, 0) is 11.3 Å². The van der Waals surface area contributed by atoms with Gasteiger partial charge in [-0.3, -0.25) is 14.5 Å². The van der Waals surface area contributed by atoms with Crippen molar-refractivity contribution in [2.45, 2.75) is 16.5 Å². The van der Waals surface area contributed by atoms with Gasteiger partial charge in [-0.25, -0.2) is 0 Å². The van der Waals surface area contributed by atoms with Crippen LogP contribution in [0.25, 0.3) is 16.8 Å². The first-order chi connectivity index (χ1) is 15.2. The minimum absolute atomic E-state index is 0.250. The van der Waals surface area contributed by atoms with Crippen molar-refractivity contribution in [3.05, 3.63) is 101 Å². The van der Waals surface area contributed by atoms with Gasteiger partial charge in [0.05, 0.1) is 11.4 Å². The molecule has 0 spiro atoms. The molecule has 1 aliphatic heterocycles. The molecule has 1 fully saturated rings. The standard InChI is InChI=1S/C25H17NO3S2/c27-24-22(15-20-12-13-23(29-20)30-21-8-2-1-3-9-21)31-25(28)26(24)16-17-10-11-18-6-4-5-7-19(18)14-17/h1-15H,16H2/b22-15-. The van der Waals surface area contributed by atoms with Crippen molar-refractivity contribution < 1.29 is 14.0 Å². The van der Waals surface area contributed by atoms with Crippen LogP contribution in [0, 0.1) is 0 Å². The number of imide groups is 1. The summed E-state index contributed by atoms with van der Waals surface area (Å²) in [5, 5.41) is 2.67. The minimum atomic E-state index is -0.295. The highest BCUT2D eigenvalue weighted by Crippen LogP contribution is 2.35. The number of carbonyl (C=O) groups excluding carboxylic acids is 2. The van der Waals surface area contributed by atoms with E-state index >= 15 is 0 Å². The van der Waals surface area contributed by atoms with Crippen LogP contribution >= 0.6 is 23.5 Å². The lowest BCUT2D eigenvalue weighted by atomic mass is 10.1. The maximum atomic E-state index is 12.9. The molecular weight excluding hydrogens is 426 g/mol. The highest BCUT2D eigenvalue weighted by Gasteiger charge is 2.35. The lowest BCUT2D eigenvalue weighted by Gasteiger charge is -2.13. The zero-order valence-electron chi connectivity index (χ0n) is 16.4. The molecule has 4 aromatic rings. The Morgan fingerprint density at radius 1 is 0.871 bits per heavy atom. The van der Waals surface area contributed by atoms with E-state index in [0.717, 1.165) is 38.1 Å². The number of furan rings is 1. The van der Waals surface area contributed by atoms with Crippen molar-refractivity contribution in [2.75, 3.05) is 0 Å². The van der Waals surface area contributed by atoms with Gasteiger partial charge in [-0.05, 0) is 58.4 Å². The summed E-state index contributed by atoms with van der Waals surface area (Å²) in [6, 6.07) is 27.6. The first-order valence-electron chi connectivity index (χ1n) is 9.71. The van der Waals surface area contributed by atoms with Gasteiger partial charge in [-0.15, -0.1) is 0 Å². The number of nitrogens with zero attached hydrogens (tertiary/aromatic N) is 1. The van der Waals surface area contributed by atoms with Crippen LogP contribution in [0.15, 0.2) is 104 Å². The molecule has 3 aromatic carbocycles. The molecule has 0 radical (unpaired) electrons. The minimum Gasteiger partial charge on any atom is -0.450 e. The van der Waals surface area contributed by atoms with E-state index in [9.17, 15) is 9.59 Å². The summed E-state index contributed by atoms with van der Waals surface area (Å²) in [6.45, 7) is 0.250. The number of hydrogen-bond acceptors (Lipinski definition) is 5. The van der Waals surface area contributed by atoms with Gasteiger partial charge in [0.25, 0.3) is 11.1 Å². The molecule has 2 heterocycles. The van der Waals surface area contributed by atoms with E-state index in [2.05, 4.69) is 0 Å². The van der Waals surface area contributed by atoms with Gasteiger partial charge in [-0.2, -0.15) is 0 Å². The first kappa shape index (κ1) is 19.7. The zero-order valence-corrected chi connectivity index (χ0v) is 18.0. The Labute approximate surface area is 187 Å². The van der Waals surface area contributed by atoms with Crippen LogP contribution in [0.3, 0.4) is 0 Å². The quantitative estimate of drug-likeness (QED) is 0.317. The molecule has 0 saturated carbocycles. The summed E-state index contributed by atoms with van der Waals surface area (Å²) in [5.41, 5.74) is 0.918. The molecule has 0 aliphatic carbocycles. The predicted molar refractivity (Wildman–Crippen MR) is 125 cm³/mol. The lowest BCUT2D eigenvalue weighted by molar-refractivity contribution is -0.123. The van der Waals surface area contributed by atoms with E-state index in [1.54, 1.807) is 6.08 Å². The smallest absolute Gasteiger partial charge is 0.293 e. The molecule has 1 saturated heterocycles. The molecular formula is C25H17NO3S2. The second kappa shape index (κ2) is 8.49. The molecule has 1 aromatic heterocycles. The van der Waals surface area contributed by atoms with E-state index in [-0.39, 0.29) is 17.7 Å². The van der Waals surface area contributed by atoms with Crippen LogP contribution in [0.4, 0.5) is 4.79 Å². The number of rotatable bonds is 5. The third kappa shape index (κ3) is 4.31. The van der Waals surface area contributed by atoms with Crippen molar-refractivity contribution in [3.63, 3.8) is 0 Å². The zero-order chi connectivity index (χ0) is 21.2. The fourth-order valence-electron chi connectivity index (χ4n) is 3.36. The van der Waals surface area contributed by atoms with Gasteiger partial charge in [0.15, 0.2) is 5.09 Å². The molecule has 5 rings (SSSR count). The second-order valence-corrected chi connectivity index (χ2v) is 9.09. The Bertz CT molecular complexity index is 1310. The van der Waals surface area contributed by atoms with Gasteiger partial charge >= 0.3 is 0 Å². The topological polar surface area (TPSA) is 50.5 Å². The maximum absolute atomic E-state index is 12.9. The van der Waals surface area contributed by atoms with Gasteiger partial charge in [0, 0.05) is 11.0 Å². The average Bonchev–Trinajstić information content (AvgIpc) is 3.33. The number of hydrogen-bond donors (Lipinski definition) is 0. The molecule has 1 aliphatic rings. The van der Waals surface area contributed by atoms with Crippen LogP contribution < -0.4 is 0 Å². The lowest BCUT2D eigenvalue weighted by Crippen LogP contribution is -2.27. The molecule has 0 N–H and O–H groups in total. The Morgan fingerprint density at radius 3 is 2.48 bits per heavy atom. The van der Waals surface area contributed by atoms with Crippen molar-refractivity contribution in [1.29, 1.82) is 0 Å². The predicted octanol–water partition coefficient (Wildman–Crippen LogP) is 6.82. The summed E-state index contributed by atoms with van der Waals surface area (Å²) in [7, 11) is 0. The number of fused-ring (bicyclic) bond motifs is 1. The first-order valence-corrected chi connectivity index (χ1v) is 11.3. The van der Waals surface area contributed by atoms with Crippen molar-refractivity contribution >= 4 is 51.5 Å². The summed E-state index contributed by atoms with van der Waals surface area (Å²) in [4.78, 5) is 28.1. The van der Waals surface area contributed by atoms with Crippen molar-refractivity contribution in [3.8, 4) is 0 Å². The number of benzene rings is 3. The van der Waals surface area contributed by atoms with E-state index in [0.29, 0.717) is 10.7 Å². The highest BCUT2D eigenvalue weighted by molar-refractivity contribution is 8.18. The van der Waals surface area contributed by atoms with Crippen LogP contribution in [-0.4, -0.2) is 16.0 Å². The van der Waals surface area contributed by atoms with Crippen LogP contribution in [0.1, 0.15) is 11.3 Å². The second-order valence-electron chi connectivity index (χ2n) is 7.02. The van der Waals surface area contributed by atoms with Gasteiger partial charge in [0.1, 0.15) is 5.76 Å². The Morgan fingerprint density at radius 2 is 1.65 bits per heavy atom. The van der Waals surface area contributed by atoms with Crippen LogP contribution in [0.2, 0.25) is 0 Å². The third-order valence-corrected chi connectivity index (χ3v) is 6.70. The Hall–Kier alpha value is -3.22. The van der Waals surface area contributed by atoms with Crippen molar-refractivity contribution in [1.82, 2.24) is 4.90 Å². The van der Waals surface area contributed by atoms with Gasteiger partial charge in [-0.1, -0.05) is 66.4 Å². The highest BCUT2D eigenvalue weighted by atomic mass is 32.2. The molecule has 152 valence electrons. The Balaban J connectivity index is 1.32. The number of thioether (sulfide) groups is 1. The molecule has 6 heteroatoms. The van der Waals surface area contributed by atoms with Gasteiger partial charge < -0.3 is 4.42 Å². The summed E-state index contributed by atoms with van der Waals surface area (Å²) < 4.78 is 5.83. The van der Waals surface area contributed by atoms with E-state index in [1.807, 2.05) is 84.9 Å². The van der Waals surface area contributed by atoms with E-state index in [4.69, 9.17) is 4.42 Å². The average molecular weight is 444 g/mol. The normalized spacial score (nSPS) is 15.4. The summed E-state index contributed by atoms with van der Waals surface area (Å²) in [6.07, 6.45) is 1.64. The molecule has 0 unspecified atom stereocenters.